The Hall–Kier alpha value is -1.72. The molecule has 0 saturated carbocycles. The molecule has 3 nitrogen and oxygen atoms in total. The average Bonchev–Trinajstić information content (AvgIpc) is 2.89. The molecule has 2 rings (SSSR count). The number of hydrogen-bond acceptors (Lipinski definition) is 3. The van der Waals surface area contributed by atoms with Crippen LogP contribution in [-0.4, -0.2) is 12.5 Å². The SMILES string of the molecule is NC(=O)c1ccc(CNCCc2cccs2)c(F)c1. The molecule has 100 valence electrons. The summed E-state index contributed by atoms with van der Waals surface area (Å²) in [4.78, 5) is 12.2. The number of benzene rings is 1. The molecule has 1 aromatic heterocycles. The lowest BCUT2D eigenvalue weighted by atomic mass is 10.1. The van der Waals surface area contributed by atoms with E-state index in [4.69, 9.17) is 5.73 Å². The minimum absolute atomic E-state index is 0.194. The highest BCUT2D eigenvalue weighted by atomic mass is 32.1. The molecule has 0 spiro atoms. The first-order valence-electron chi connectivity index (χ1n) is 5.98. The van der Waals surface area contributed by atoms with Gasteiger partial charge in [-0.2, -0.15) is 0 Å². The number of rotatable bonds is 6. The lowest BCUT2D eigenvalue weighted by Crippen LogP contribution is -2.18. The van der Waals surface area contributed by atoms with Gasteiger partial charge in [0.2, 0.25) is 5.91 Å². The summed E-state index contributed by atoms with van der Waals surface area (Å²) in [6, 6.07) is 8.41. The Labute approximate surface area is 115 Å². The van der Waals surface area contributed by atoms with Crippen LogP contribution in [0.25, 0.3) is 0 Å². The molecular formula is C14H15FN2OS. The standard InChI is InChI=1S/C14H15FN2OS/c15-13-8-10(14(16)18)3-4-11(13)9-17-6-5-12-2-1-7-19-12/h1-4,7-8,17H,5-6,9H2,(H2,16,18). The van der Waals surface area contributed by atoms with Gasteiger partial charge in [0, 0.05) is 29.1 Å². The average molecular weight is 278 g/mol. The van der Waals surface area contributed by atoms with Crippen LogP contribution in [0.2, 0.25) is 0 Å². The van der Waals surface area contributed by atoms with Crippen molar-refractivity contribution in [2.75, 3.05) is 6.54 Å². The van der Waals surface area contributed by atoms with E-state index < -0.39 is 11.7 Å². The maximum atomic E-state index is 13.7. The number of amides is 1. The van der Waals surface area contributed by atoms with Crippen LogP contribution in [0.15, 0.2) is 35.7 Å². The monoisotopic (exact) mass is 278 g/mol. The van der Waals surface area contributed by atoms with Crippen LogP contribution in [0, 0.1) is 5.82 Å². The Kier molecular flexibility index (Phi) is 4.65. The zero-order chi connectivity index (χ0) is 13.7. The van der Waals surface area contributed by atoms with Gasteiger partial charge in [-0.1, -0.05) is 12.1 Å². The Morgan fingerprint density at radius 1 is 1.37 bits per heavy atom. The zero-order valence-corrected chi connectivity index (χ0v) is 11.2. The van der Waals surface area contributed by atoms with E-state index in [9.17, 15) is 9.18 Å². The molecule has 0 bridgehead atoms. The summed E-state index contributed by atoms with van der Waals surface area (Å²) in [6.07, 6.45) is 0.929. The number of carbonyl (C=O) groups excluding carboxylic acids is 1. The van der Waals surface area contributed by atoms with E-state index in [1.807, 2.05) is 11.4 Å². The fraction of sp³-hybridized carbons (Fsp3) is 0.214. The van der Waals surface area contributed by atoms with E-state index in [0.717, 1.165) is 13.0 Å². The normalized spacial score (nSPS) is 10.6. The van der Waals surface area contributed by atoms with E-state index in [-0.39, 0.29) is 5.56 Å². The van der Waals surface area contributed by atoms with Gasteiger partial charge in [0.1, 0.15) is 5.82 Å². The third-order valence-electron chi connectivity index (χ3n) is 2.78. The van der Waals surface area contributed by atoms with Gasteiger partial charge < -0.3 is 11.1 Å². The molecule has 3 N–H and O–H groups in total. The van der Waals surface area contributed by atoms with Crippen molar-refractivity contribution in [2.24, 2.45) is 5.73 Å². The lowest BCUT2D eigenvalue weighted by Gasteiger charge is -2.06. The summed E-state index contributed by atoms with van der Waals surface area (Å²) >= 11 is 1.71. The number of hydrogen-bond donors (Lipinski definition) is 2. The molecule has 0 atom stereocenters. The fourth-order valence-electron chi connectivity index (χ4n) is 1.73. The summed E-state index contributed by atoms with van der Waals surface area (Å²) in [7, 11) is 0. The molecule has 1 heterocycles. The van der Waals surface area contributed by atoms with E-state index in [1.54, 1.807) is 23.5 Å². The van der Waals surface area contributed by atoms with E-state index >= 15 is 0 Å². The third kappa shape index (κ3) is 3.87. The van der Waals surface area contributed by atoms with Crippen molar-refractivity contribution in [3.63, 3.8) is 0 Å². The van der Waals surface area contributed by atoms with E-state index in [0.29, 0.717) is 12.1 Å². The van der Waals surface area contributed by atoms with Crippen molar-refractivity contribution in [3.8, 4) is 0 Å². The Morgan fingerprint density at radius 3 is 2.84 bits per heavy atom. The second kappa shape index (κ2) is 6.45. The van der Waals surface area contributed by atoms with Crippen LogP contribution in [0.1, 0.15) is 20.8 Å². The van der Waals surface area contributed by atoms with Gasteiger partial charge in [0.15, 0.2) is 0 Å². The van der Waals surface area contributed by atoms with Gasteiger partial charge in [0.25, 0.3) is 0 Å². The first-order chi connectivity index (χ1) is 9.16. The molecule has 0 aliphatic carbocycles. The molecule has 0 aliphatic rings. The first kappa shape index (κ1) is 13.7. The number of halogens is 1. The maximum Gasteiger partial charge on any atom is 0.248 e. The Balaban J connectivity index is 1.84. The molecule has 1 amide bonds. The largest absolute Gasteiger partial charge is 0.366 e. The number of nitrogens with one attached hydrogen (secondary N) is 1. The highest BCUT2D eigenvalue weighted by Crippen LogP contribution is 2.11. The van der Waals surface area contributed by atoms with Gasteiger partial charge in [-0.3, -0.25) is 4.79 Å². The molecule has 1 aromatic carbocycles. The van der Waals surface area contributed by atoms with Crippen molar-refractivity contribution in [1.82, 2.24) is 5.32 Å². The molecule has 19 heavy (non-hydrogen) atoms. The van der Waals surface area contributed by atoms with Crippen molar-refractivity contribution >= 4 is 17.2 Å². The smallest absolute Gasteiger partial charge is 0.248 e. The minimum Gasteiger partial charge on any atom is -0.366 e. The van der Waals surface area contributed by atoms with E-state index in [1.165, 1.54) is 10.9 Å². The lowest BCUT2D eigenvalue weighted by molar-refractivity contribution is 0.1000. The van der Waals surface area contributed by atoms with E-state index in [2.05, 4.69) is 11.4 Å². The fourth-order valence-corrected chi connectivity index (χ4v) is 2.44. The number of carbonyl (C=O) groups is 1. The van der Waals surface area contributed by atoms with Crippen LogP contribution in [0.4, 0.5) is 4.39 Å². The maximum absolute atomic E-state index is 13.7. The Morgan fingerprint density at radius 2 is 2.21 bits per heavy atom. The summed E-state index contributed by atoms with van der Waals surface area (Å²) in [6.45, 7) is 1.23. The second-order valence-corrected chi connectivity index (χ2v) is 5.21. The molecule has 2 aromatic rings. The minimum atomic E-state index is -0.615. The summed E-state index contributed by atoms with van der Waals surface area (Å²) in [5.41, 5.74) is 5.82. The van der Waals surface area contributed by atoms with Crippen LogP contribution in [-0.2, 0) is 13.0 Å². The number of thiophene rings is 1. The number of primary amides is 1. The predicted molar refractivity (Wildman–Crippen MR) is 74.6 cm³/mol. The highest BCUT2D eigenvalue weighted by molar-refractivity contribution is 7.09. The quantitative estimate of drug-likeness (QED) is 0.797. The Bertz CT molecular complexity index is 555. The van der Waals surface area contributed by atoms with Gasteiger partial charge >= 0.3 is 0 Å². The molecule has 0 radical (unpaired) electrons. The van der Waals surface area contributed by atoms with Crippen LogP contribution in [0.5, 0.6) is 0 Å². The molecular weight excluding hydrogens is 263 g/mol. The highest BCUT2D eigenvalue weighted by Gasteiger charge is 2.06. The zero-order valence-electron chi connectivity index (χ0n) is 10.4. The van der Waals surface area contributed by atoms with Gasteiger partial charge in [-0.05, 0) is 30.0 Å². The van der Waals surface area contributed by atoms with Crippen molar-refractivity contribution in [1.29, 1.82) is 0 Å². The number of nitrogens with two attached hydrogens (primary N) is 1. The second-order valence-electron chi connectivity index (χ2n) is 4.18. The summed E-state index contributed by atoms with van der Waals surface area (Å²) in [5, 5.41) is 5.22. The van der Waals surface area contributed by atoms with Crippen molar-refractivity contribution in [2.45, 2.75) is 13.0 Å². The van der Waals surface area contributed by atoms with Gasteiger partial charge in [0.05, 0.1) is 0 Å². The third-order valence-corrected chi connectivity index (χ3v) is 3.72. The van der Waals surface area contributed by atoms with Gasteiger partial charge in [-0.25, -0.2) is 4.39 Å². The predicted octanol–water partition coefficient (Wildman–Crippen LogP) is 2.32. The first-order valence-corrected chi connectivity index (χ1v) is 6.86. The van der Waals surface area contributed by atoms with Gasteiger partial charge in [-0.15, -0.1) is 11.3 Å². The summed E-state index contributed by atoms with van der Waals surface area (Å²) < 4.78 is 13.7. The summed E-state index contributed by atoms with van der Waals surface area (Å²) in [5.74, 6) is -1.02. The molecule has 5 heteroatoms. The molecule has 0 aliphatic heterocycles. The van der Waals surface area contributed by atoms with Crippen LogP contribution < -0.4 is 11.1 Å². The molecule has 0 unspecified atom stereocenters. The van der Waals surface area contributed by atoms with Crippen LogP contribution in [0.3, 0.4) is 0 Å². The topological polar surface area (TPSA) is 55.1 Å². The molecule has 0 saturated heterocycles. The van der Waals surface area contributed by atoms with Crippen molar-refractivity contribution < 1.29 is 9.18 Å². The molecule has 0 fully saturated rings. The van der Waals surface area contributed by atoms with Crippen LogP contribution >= 0.6 is 11.3 Å². The van der Waals surface area contributed by atoms with Crippen molar-refractivity contribution in [3.05, 3.63) is 57.5 Å².